The zero-order valence-electron chi connectivity index (χ0n) is 16.0. The van der Waals surface area contributed by atoms with Gasteiger partial charge in [-0.1, -0.05) is 12.2 Å². The van der Waals surface area contributed by atoms with Gasteiger partial charge in [0.2, 0.25) is 10.0 Å². The van der Waals surface area contributed by atoms with E-state index in [0.29, 0.717) is 16.9 Å². The maximum Gasteiger partial charge on any atom is 0.435 e. The Bertz CT molecular complexity index is 1200. The quantitative estimate of drug-likeness (QED) is 0.647. The first-order chi connectivity index (χ1) is 14.0. The van der Waals surface area contributed by atoms with Gasteiger partial charge in [-0.15, -0.1) is 0 Å². The van der Waals surface area contributed by atoms with Gasteiger partial charge in [0.05, 0.1) is 23.4 Å². The van der Waals surface area contributed by atoms with Crippen molar-refractivity contribution in [2.75, 3.05) is 7.11 Å². The first kappa shape index (κ1) is 21.6. The van der Waals surface area contributed by atoms with Crippen molar-refractivity contribution in [2.24, 2.45) is 5.14 Å². The summed E-state index contributed by atoms with van der Waals surface area (Å²) in [6.07, 6.45) is -1.10. The monoisotopic (exact) mass is 437 g/mol. The number of hydrogen-bond acceptors (Lipinski definition) is 4. The number of benzene rings is 2. The van der Waals surface area contributed by atoms with Crippen LogP contribution in [-0.4, -0.2) is 25.3 Å². The molecule has 0 spiro atoms. The van der Waals surface area contributed by atoms with Crippen molar-refractivity contribution in [1.82, 2.24) is 9.78 Å². The summed E-state index contributed by atoms with van der Waals surface area (Å²) in [5.41, 5.74) is 0.512. The lowest BCUT2D eigenvalue weighted by Gasteiger charge is -2.11. The maximum absolute atomic E-state index is 13.3. The highest BCUT2D eigenvalue weighted by molar-refractivity contribution is 7.89. The molecule has 10 heteroatoms. The smallest absolute Gasteiger partial charge is 0.435 e. The molecule has 0 saturated heterocycles. The average Bonchev–Trinajstić information content (AvgIpc) is 3.13. The molecule has 1 aromatic heterocycles. The van der Waals surface area contributed by atoms with Crippen molar-refractivity contribution in [3.8, 4) is 22.7 Å². The van der Waals surface area contributed by atoms with Crippen LogP contribution in [0.1, 0.15) is 18.2 Å². The summed E-state index contributed by atoms with van der Waals surface area (Å²) in [6.45, 7) is 1.81. The highest BCUT2D eigenvalue weighted by atomic mass is 32.2. The molecule has 158 valence electrons. The third-order valence-corrected chi connectivity index (χ3v) is 5.21. The molecule has 1 heterocycles. The van der Waals surface area contributed by atoms with Gasteiger partial charge in [0.25, 0.3) is 0 Å². The highest BCUT2D eigenvalue weighted by Crippen LogP contribution is 2.35. The summed E-state index contributed by atoms with van der Waals surface area (Å²) in [5, 5.41) is 8.78. The predicted molar refractivity (Wildman–Crippen MR) is 107 cm³/mol. The topological polar surface area (TPSA) is 87.2 Å². The molecular weight excluding hydrogens is 419 g/mol. The van der Waals surface area contributed by atoms with E-state index in [1.165, 1.54) is 31.4 Å². The SMILES string of the molecule is C/C=C/c1cc(-c2cc(C(F)(F)F)nn2-c2ccc(S(N)(=O)=O)cc2)ccc1OC. The maximum atomic E-state index is 13.3. The number of ether oxygens (including phenoxy) is 1. The molecule has 0 saturated carbocycles. The second kappa shape index (κ2) is 7.96. The van der Waals surface area contributed by atoms with E-state index in [4.69, 9.17) is 9.88 Å². The molecule has 0 bridgehead atoms. The number of nitrogens with two attached hydrogens (primary N) is 1. The van der Waals surface area contributed by atoms with Crippen molar-refractivity contribution in [1.29, 1.82) is 0 Å². The van der Waals surface area contributed by atoms with Crippen molar-refractivity contribution in [3.63, 3.8) is 0 Å². The van der Waals surface area contributed by atoms with E-state index < -0.39 is 21.9 Å². The number of primary sulfonamides is 1. The minimum absolute atomic E-state index is 0.157. The van der Waals surface area contributed by atoms with E-state index in [0.717, 1.165) is 10.7 Å². The van der Waals surface area contributed by atoms with Gasteiger partial charge in [0.15, 0.2) is 5.69 Å². The molecule has 30 heavy (non-hydrogen) atoms. The molecule has 0 amide bonds. The second-order valence-corrected chi connectivity index (χ2v) is 7.88. The van der Waals surface area contributed by atoms with E-state index in [1.807, 2.05) is 6.92 Å². The summed E-state index contributed by atoms with van der Waals surface area (Å²) in [4.78, 5) is -0.157. The number of alkyl halides is 3. The van der Waals surface area contributed by atoms with Gasteiger partial charge in [-0.2, -0.15) is 18.3 Å². The van der Waals surface area contributed by atoms with Gasteiger partial charge in [-0.3, -0.25) is 0 Å². The summed E-state index contributed by atoms with van der Waals surface area (Å²) >= 11 is 0. The third kappa shape index (κ3) is 4.39. The summed E-state index contributed by atoms with van der Waals surface area (Å²) in [7, 11) is -2.43. The standard InChI is InChI=1S/C20H18F3N3O3S/c1-3-4-14-11-13(5-10-18(14)29-2)17-12-19(20(21,22)23)25-26(17)15-6-8-16(9-7-15)30(24,27)28/h3-12H,1-2H3,(H2,24,27,28)/b4-3+. The summed E-state index contributed by atoms with van der Waals surface area (Å²) in [5.74, 6) is 0.566. The number of nitrogens with zero attached hydrogens (tertiary/aromatic N) is 2. The van der Waals surface area contributed by atoms with Crippen LogP contribution < -0.4 is 9.88 Å². The number of aromatic nitrogens is 2. The lowest BCUT2D eigenvalue weighted by Crippen LogP contribution is -2.12. The lowest BCUT2D eigenvalue weighted by molar-refractivity contribution is -0.141. The van der Waals surface area contributed by atoms with Crippen LogP contribution in [0.15, 0.2) is 59.5 Å². The number of halogens is 3. The minimum atomic E-state index is -4.65. The third-order valence-electron chi connectivity index (χ3n) is 4.28. The van der Waals surface area contributed by atoms with Crippen molar-refractivity contribution in [2.45, 2.75) is 18.0 Å². The number of methoxy groups -OCH3 is 1. The predicted octanol–water partition coefficient (Wildman–Crippen LogP) is 4.25. The Morgan fingerprint density at radius 1 is 1.10 bits per heavy atom. The summed E-state index contributed by atoms with van der Waals surface area (Å²) < 4.78 is 69.3. The fourth-order valence-corrected chi connectivity index (χ4v) is 3.42. The van der Waals surface area contributed by atoms with Crippen LogP contribution in [0.2, 0.25) is 0 Å². The second-order valence-electron chi connectivity index (χ2n) is 6.32. The zero-order valence-corrected chi connectivity index (χ0v) is 16.8. The van der Waals surface area contributed by atoms with E-state index in [-0.39, 0.29) is 16.3 Å². The van der Waals surface area contributed by atoms with Gasteiger partial charge < -0.3 is 4.74 Å². The van der Waals surface area contributed by atoms with Gasteiger partial charge in [-0.25, -0.2) is 18.2 Å². The molecule has 2 aromatic carbocycles. The number of allylic oxidation sites excluding steroid dienone is 1. The van der Waals surface area contributed by atoms with Gasteiger partial charge >= 0.3 is 6.18 Å². The van der Waals surface area contributed by atoms with Crippen LogP contribution >= 0.6 is 0 Å². The minimum Gasteiger partial charge on any atom is -0.496 e. The number of sulfonamides is 1. The van der Waals surface area contributed by atoms with Crippen LogP contribution in [0.5, 0.6) is 5.75 Å². The van der Waals surface area contributed by atoms with Crippen LogP contribution in [0.4, 0.5) is 13.2 Å². The normalized spacial score (nSPS) is 12.5. The Kier molecular flexibility index (Phi) is 5.73. The van der Waals surface area contributed by atoms with Gasteiger partial charge in [0.1, 0.15) is 5.75 Å². The highest BCUT2D eigenvalue weighted by Gasteiger charge is 2.35. The largest absolute Gasteiger partial charge is 0.496 e. The van der Waals surface area contributed by atoms with Crippen molar-refractivity contribution in [3.05, 3.63) is 65.9 Å². The van der Waals surface area contributed by atoms with Crippen molar-refractivity contribution >= 4 is 16.1 Å². The molecule has 2 N–H and O–H groups in total. The Balaban J connectivity index is 2.20. The number of rotatable bonds is 5. The number of hydrogen-bond donors (Lipinski definition) is 1. The fraction of sp³-hybridized carbons (Fsp3) is 0.150. The van der Waals surface area contributed by atoms with Crippen LogP contribution in [-0.2, 0) is 16.2 Å². The first-order valence-electron chi connectivity index (χ1n) is 8.66. The molecular formula is C20H18F3N3O3S. The van der Waals surface area contributed by atoms with Crippen molar-refractivity contribution < 1.29 is 26.3 Å². The molecule has 6 nitrogen and oxygen atoms in total. The molecule has 0 fully saturated rings. The molecule has 0 unspecified atom stereocenters. The van der Waals surface area contributed by atoms with Crippen LogP contribution in [0.3, 0.4) is 0 Å². The Morgan fingerprint density at radius 2 is 1.77 bits per heavy atom. The first-order valence-corrected chi connectivity index (χ1v) is 10.2. The molecule has 0 atom stereocenters. The van der Waals surface area contributed by atoms with E-state index in [2.05, 4.69) is 5.10 Å². The van der Waals surface area contributed by atoms with Gasteiger partial charge in [-0.05, 0) is 55.5 Å². The van der Waals surface area contributed by atoms with E-state index in [9.17, 15) is 21.6 Å². The Labute approximate surface area is 171 Å². The summed E-state index contributed by atoms with van der Waals surface area (Å²) in [6, 6.07) is 11.0. The van der Waals surface area contributed by atoms with Crippen LogP contribution in [0.25, 0.3) is 23.0 Å². The van der Waals surface area contributed by atoms with Crippen LogP contribution in [0, 0.1) is 0 Å². The Morgan fingerprint density at radius 3 is 2.30 bits per heavy atom. The lowest BCUT2D eigenvalue weighted by atomic mass is 10.1. The molecule has 0 aliphatic carbocycles. The molecule has 3 aromatic rings. The van der Waals surface area contributed by atoms with E-state index >= 15 is 0 Å². The average molecular weight is 437 g/mol. The molecule has 0 aliphatic rings. The fourth-order valence-electron chi connectivity index (χ4n) is 2.90. The Hall–Kier alpha value is -3.11. The zero-order chi connectivity index (χ0) is 22.1. The molecule has 3 rings (SSSR count). The molecule has 0 radical (unpaired) electrons. The molecule has 0 aliphatic heterocycles. The van der Waals surface area contributed by atoms with E-state index in [1.54, 1.807) is 30.4 Å². The van der Waals surface area contributed by atoms with Gasteiger partial charge in [0, 0.05) is 11.1 Å².